The number of hydrogen-bond donors (Lipinski definition) is 2. The Kier molecular flexibility index (Phi) is 6.51. The maximum atomic E-state index is 13.5. The van der Waals surface area contributed by atoms with Crippen molar-refractivity contribution < 1.29 is 18.7 Å². The average Bonchev–Trinajstić information content (AvgIpc) is 2.63. The van der Waals surface area contributed by atoms with Crippen molar-refractivity contribution in [3.63, 3.8) is 0 Å². The van der Waals surface area contributed by atoms with Crippen LogP contribution in [0.2, 0.25) is 0 Å². The summed E-state index contributed by atoms with van der Waals surface area (Å²) >= 11 is 0. The Hall–Kier alpha value is -2.89. The van der Waals surface area contributed by atoms with Crippen molar-refractivity contribution in [2.24, 2.45) is 0 Å². The van der Waals surface area contributed by atoms with E-state index in [0.29, 0.717) is 6.42 Å². The molecule has 0 aliphatic heterocycles. The van der Waals surface area contributed by atoms with E-state index in [0.717, 1.165) is 5.56 Å². The van der Waals surface area contributed by atoms with Crippen LogP contribution in [0.4, 0.5) is 4.39 Å². The first-order chi connectivity index (χ1) is 12.0. The number of hydrazine groups is 1. The van der Waals surface area contributed by atoms with E-state index in [1.807, 2.05) is 37.3 Å². The Labute approximate surface area is 146 Å². The number of amides is 2. The van der Waals surface area contributed by atoms with Gasteiger partial charge in [-0.05, 0) is 31.0 Å². The zero-order valence-corrected chi connectivity index (χ0v) is 14.2. The summed E-state index contributed by atoms with van der Waals surface area (Å²) in [5.41, 5.74) is 5.59. The number of rotatable bonds is 6. The van der Waals surface area contributed by atoms with Gasteiger partial charge in [-0.3, -0.25) is 20.4 Å². The molecule has 2 aromatic rings. The molecule has 6 heteroatoms. The second-order valence-corrected chi connectivity index (χ2v) is 5.54. The maximum absolute atomic E-state index is 13.5. The minimum Gasteiger partial charge on any atom is -0.478 e. The third-order valence-electron chi connectivity index (χ3n) is 3.75. The van der Waals surface area contributed by atoms with Gasteiger partial charge in [0.05, 0.1) is 5.92 Å². The quantitative estimate of drug-likeness (QED) is 0.792. The number of para-hydroxylation sites is 1. The molecule has 25 heavy (non-hydrogen) atoms. The van der Waals surface area contributed by atoms with E-state index in [4.69, 9.17) is 4.74 Å². The van der Waals surface area contributed by atoms with E-state index in [-0.39, 0.29) is 17.6 Å². The van der Waals surface area contributed by atoms with Gasteiger partial charge >= 0.3 is 0 Å². The SMILES string of the molecule is CCC(C(=O)NNC(=O)C(C)Oc1ccccc1F)c1ccccc1. The summed E-state index contributed by atoms with van der Waals surface area (Å²) in [6.45, 7) is 3.37. The lowest BCUT2D eigenvalue weighted by atomic mass is 9.96. The van der Waals surface area contributed by atoms with E-state index >= 15 is 0 Å². The molecule has 0 radical (unpaired) electrons. The molecular formula is C19H21FN2O3. The summed E-state index contributed by atoms with van der Waals surface area (Å²) in [7, 11) is 0. The molecule has 2 unspecified atom stereocenters. The Bertz CT molecular complexity index is 722. The number of carbonyl (C=O) groups excluding carboxylic acids is 2. The fourth-order valence-corrected chi connectivity index (χ4v) is 2.35. The van der Waals surface area contributed by atoms with Crippen LogP contribution in [0.15, 0.2) is 54.6 Å². The molecule has 132 valence electrons. The van der Waals surface area contributed by atoms with Crippen LogP contribution in [0, 0.1) is 5.82 Å². The standard InChI is InChI=1S/C19H21FN2O3/c1-3-15(14-9-5-4-6-10-14)19(24)22-21-18(23)13(2)25-17-12-8-7-11-16(17)20/h4-13,15H,3H2,1-2H3,(H,21,23)(H,22,24). The lowest BCUT2D eigenvalue weighted by Crippen LogP contribution is -2.48. The average molecular weight is 344 g/mol. The topological polar surface area (TPSA) is 67.4 Å². The van der Waals surface area contributed by atoms with Gasteiger partial charge < -0.3 is 4.74 Å². The number of benzene rings is 2. The fourth-order valence-electron chi connectivity index (χ4n) is 2.35. The lowest BCUT2D eigenvalue weighted by molar-refractivity contribution is -0.133. The molecule has 2 aromatic carbocycles. The Morgan fingerprint density at radius 3 is 2.24 bits per heavy atom. The van der Waals surface area contributed by atoms with E-state index in [9.17, 15) is 14.0 Å². The van der Waals surface area contributed by atoms with Crippen molar-refractivity contribution in [3.05, 3.63) is 66.0 Å². The minimum atomic E-state index is -0.964. The molecular weight excluding hydrogens is 323 g/mol. The third-order valence-corrected chi connectivity index (χ3v) is 3.75. The van der Waals surface area contributed by atoms with Gasteiger partial charge in [-0.15, -0.1) is 0 Å². The molecule has 0 aliphatic carbocycles. The minimum absolute atomic E-state index is 0.0211. The molecule has 5 nitrogen and oxygen atoms in total. The molecule has 0 bridgehead atoms. The molecule has 2 N–H and O–H groups in total. The van der Waals surface area contributed by atoms with E-state index in [1.54, 1.807) is 6.07 Å². The molecule has 2 atom stereocenters. The Morgan fingerprint density at radius 1 is 1.00 bits per heavy atom. The predicted molar refractivity (Wildman–Crippen MR) is 92.2 cm³/mol. The number of halogens is 1. The molecule has 2 rings (SSSR count). The van der Waals surface area contributed by atoms with Gasteiger partial charge in [0.2, 0.25) is 5.91 Å². The van der Waals surface area contributed by atoms with Crippen LogP contribution in [-0.4, -0.2) is 17.9 Å². The van der Waals surface area contributed by atoms with Crippen LogP contribution in [0.5, 0.6) is 5.75 Å². The molecule has 2 amide bonds. The predicted octanol–water partition coefficient (Wildman–Crippen LogP) is 2.93. The summed E-state index contributed by atoms with van der Waals surface area (Å²) in [6, 6.07) is 15.1. The van der Waals surface area contributed by atoms with Crippen molar-refractivity contribution in [2.45, 2.75) is 32.3 Å². The normalized spacial score (nSPS) is 12.8. The van der Waals surface area contributed by atoms with Gasteiger partial charge in [-0.1, -0.05) is 49.4 Å². The molecule has 0 saturated heterocycles. The van der Waals surface area contributed by atoms with Crippen molar-refractivity contribution >= 4 is 11.8 Å². The number of carbonyl (C=O) groups is 2. The summed E-state index contributed by atoms with van der Waals surface area (Å²) in [4.78, 5) is 24.3. The molecule has 0 aliphatic rings. The first-order valence-electron chi connectivity index (χ1n) is 8.08. The summed E-state index contributed by atoms with van der Waals surface area (Å²) in [6.07, 6.45) is -0.374. The smallest absolute Gasteiger partial charge is 0.279 e. The van der Waals surface area contributed by atoms with Crippen LogP contribution in [0.25, 0.3) is 0 Å². The van der Waals surface area contributed by atoms with Crippen LogP contribution in [-0.2, 0) is 9.59 Å². The van der Waals surface area contributed by atoms with Gasteiger partial charge in [-0.2, -0.15) is 0 Å². The number of nitrogens with one attached hydrogen (secondary N) is 2. The van der Waals surface area contributed by atoms with Crippen molar-refractivity contribution in [1.29, 1.82) is 0 Å². The van der Waals surface area contributed by atoms with Crippen molar-refractivity contribution in [2.75, 3.05) is 0 Å². The molecule has 0 fully saturated rings. The second-order valence-electron chi connectivity index (χ2n) is 5.54. The van der Waals surface area contributed by atoms with Crippen molar-refractivity contribution in [1.82, 2.24) is 10.9 Å². The number of ether oxygens (including phenoxy) is 1. The Morgan fingerprint density at radius 2 is 1.60 bits per heavy atom. The van der Waals surface area contributed by atoms with Crippen LogP contribution < -0.4 is 15.6 Å². The van der Waals surface area contributed by atoms with Gasteiger partial charge in [0.15, 0.2) is 17.7 Å². The molecule has 0 heterocycles. The highest BCUT2D eigenvalue weighted by molar-refractivity contribution is 5.87. The van der Waals surface area contributed by atoms with E-state index in [2.05, 4.69) is 10.9 Å². The maximum Gasteiger partial charge on any atom is 0.279 e. The molecule has 0 saturated carbocycles. The van der Waals surface area contributed by atoms with Crippen LogP contribution in [0.1, 0.15) is 31.7 Å². The first-order valence-corrected chi connectivity index (χ1v) is 8.08. The first kappa shape index (κ1) is 18.4. The largest absolute Gasteiger partial charge is 0.478 e. The van der Waals surface area contributed by atoms with Crippen LogP contribution in [0.3, 0.4) is 0 Å². The van der Waals surface area contributed by atoms with Crippen molar-refractivity contribution in [3.8, 4) is 5.75 Å². The zero-order valence-electron chi connectivity index (χ0n) is 14.2. The van der Waals surface area contributed by atoms with Crippen LogP contribution >= 0.6 is 0 Å². The Balaban J connectivity index is 1.90. The highest BCUT2D eigenvalue weighted by Crippen LogP contribution is 2.19. The summed E-state index contributed by atoms with van der Waals surface area (Å²) < 4.78 is 18.8. The van der Waals surface area contributed by atoms with Gasteiger partial charge in [0.1, 0.15) is 0 Å². The zero-order chi connectivity index (χ0) is 18.2. The van der Waals surface area contributed by atoms with Gasteiger partial charge in [0.25, 0.3) is 5.91 Å². The second kappa shape index (κ2) is 8.82. The summed E-state index contributed by atoms with van der Waals surface area (Å²) in [5.74, 6) is -1.84. The lowest BCUT2D eigenvalue weighted by Gasteiger charge is -2.18. The monoisotopic (exact) mass is 344 g/mol. The van der Waals surface area contributed by atoms with Gasteiger partial charge in [0, 0.05) is 0 Å². The third kappa shape index (κ3) is 5.04. The number of hydrogen-bond acceptors (Lipinski definition) is 3. The molecule has 0 aromatic heterocycles. The highest BCUT2D eigenvalue weighted by Gasteiger charge is 2.21. The highest BCUT2D eigenvalue weighted by atomic mass is 19.1. The van der Waals surface area contributed by atoms with E-state index < -0.39 is 17.8 Å². The molecule has 0 spiro atoms. The van der Waals surface area contributed by atoms with E-state index in [1.165, 1.54) is 25.1 Å². The van der Waals surface area contributed by atoms with Gasteiger partial charge in [-0.25, -0.2) is 4.39 Å². The fraction of sp³-hybridized carbons (Fsp3) is 0.263. The summed E-state index contributed by atoms with van der Waals surface area (Å²) in [5, 5.41) is 0.